The zero-order chi connectivity index (χ0) is 12.7. The van der Waals surface area contributed by atoms with E-state index in [9.17, 15) is 4.79 Å². The quantitative estimate of drug-likeness (QED) is 0.704. The average molecular weight is 240 g/mol. The SMILES string of the molecule is C=CCN1CCCN(C(=O)OCC(C)C)CC1. The lowest BCUT2D eigenvalue weighted by atomic mass is 10.2. The first-order valence-electron chi connectivity index (χ1n) is 6.38. The molecule has 0 aromatic rings. The van der Waals surface area contributed by atoms with Crippen molar-refractivity contribution in [1.82, 2.24) is 9.80 Å². The number of carbonyl (C=O) groups is 1. The molecule has 1 fully saturated rings. The van der Waals surface area contributed by atoms with Crippen molar-refractivity contribution >= 4 is 6.09 Å². The van der Waals surface area contributed by atoms with Gasteiger partial charge in [-0.25, -0.2) is 4.79 Å². The Kier molecular flexibility index (Phi) is 6.05. The third-order valence-corrected chi connectivity index (χ3v) is 2.77. The van der Waals surface area contributed by atoms with Crippen molar-refractivity contribution in [2.45, 2.75) is 20.3 Å². The predicted molar refractivity (Wildman–Crippen MR) is 69.0 cm³/mol. The van der Waals surface area contributed by atoms with Gasteiger partial charge in [0.1, 0.15) is 0 Å². The maximum Gasteiger partial charge on any atom is 0.409 e. The van der Waals surface area contributed by atoms with Crippen LogP contribution < -0.4 is 0 Å². The fourth-order valence-electron chi connectivity index (χ4n) is 1.85. The molecule has 0 saturated carbocycles. The molecule has 1 aliphatic heterocycles. The second kappa shape index (κ2) is 7.33. The number of amides is 1. The molecular formula is C13H24N2O2. The van der Waals surface area contributed by atoms with Gasteiger partial charge in [-0.3, -0.25) is 4.90 Å². The van der Waals surface area contributed by atoms with E-state index in [1.54, 1.807) is 0 Å². The summed E-state index contributed by atoms with van der Waals surface area (Å²) in [5, 5.41) is 0. The molecule has 4 nitrogen and oxygen atoms in total. The van der Waals surface area contributed by atoms with Crippen LogP contribution in [0.25, 0.3) is 0 Å². The molecule has 0 bridgehead atoms. The van der Waals surface area contributed by atoms with Crippen molar-refractivity contribution in [2.24, 2.45) is 5.92 Å². The first kappa shape index (κ1) is 14.0. The first-order valence-corrected chi connectivity index (χ1v) is 6.38. The predicted octanol–water partition coefficient (Wildman–Crippen LogP) is 1.97. The standard InChI is InChI=1S/C13H24N2O2/c1-4-6-14-7-5-8-15(10-9-14)13(16)17-11-12(2)3/h4,12H,1,5-11H2,2-3H3. The Morgan fingerprint density at radius 1 is 1.35 bits per heavy atom. The fraction of sp³-hybridized carbons (Fsp3) is 0.769. The summed E-state index contributed by atoms with van der Waals surface area (Å²) in [6.07, 6.45) is 2.75. The molecule has 98 valence electrons. The lowest BCUT2D eigenvalue weighted by Gasteiger charge is -2.21. The third-order valence-electron chi connectivity index (χ3n) is 2.77. The number of rotatable bonds is 4. The van der Waals surface area contributed by atoms with Gasteiger partial charge in [0, 0.05) is 32.7 Å². The summed E-state index contributed by atoms with van der Waals surface area (Å²) in [5.41, 5.74) is 0. The van der Waals surface area contributed by atoms with Crippen LogP contribution >= 0.6 is 0 Å². The van der Waals surface area contributed by atoms with Gasteiger partial charge in [-0.15, -0.1) is 6.58 Å². The van der Waals surface area contributed by atoms with Gasteiger partial charge in [0.15, 0.2) is 0 Å². The maximum absolute atomic E-state index is 11.8. The minimum Gasteiger partial charge on any atom is -0.449 e. The molecule has 0 spiro atoms. The molecule has 17 heavy (non-hydrogen) atoms. The molecule has 4 heteroatoms. The van der Waals surface area contributed by atoms with Crippen molar-refractivity contribution < 1.29 is 9.53 Å². The van der Waals surface area contributed by atoms with Crippen molar-refractivity contribution in [3.05, 3.63) is 12.7 Å². The van der Waals surface area contributed by atoms with Crippen LogP contribution in [0.1, 0.15) is 20.3 Å². The van der Waals surface area contributed by atoms with Crippen LogP contribution in [-0.4, -0.2) is 55.2 Å². The molecule has 0 aromatic carbocycles. The second-order valence-electron chi connectivity index (χ2n) is 4.90. The number of nitrogens with zero attached hydrogens (tertiary/aromatic N) is 2. The van der Waals surface area contributed by atoms with Gasteiger partial charge in [0.05, 0.1) is 6.61 Å². The Labute approximate surface area is 104 Å². The van der Waals surface area contributed by atoms with Crippen LogP contribution in [0, 0.1) is 5.92 Å². The highest BCUT2D eigenvalue weighted by atomic mass is 16.6. The van der Waals surface area contributed by atoms with Crippen molar-refractivity contribution in [3.63, 3.8) is 0 Å². The first-order chi connectivity index (χ1) is 8.13. The van der Waals surface area contributed by atoms with E-state index >= 15 is 0 Å². The smallest absolute Gasteiger partial charge is 0.409 e. The van der Waals surface area contributed by atoms with E-state index in [0.717, 1.165) is 39.1 Å². The van der Waals surface area contributed by atoms with E-state index < -0.39 is 0 Å². The molecule has 1 saturated heterocycles. The van der Waals surface area contributed by atoms with E-state index in [-0.39, 0.29) is 6.09 Å². The Morgan fingerprint density at radius 3 is 2.76 bits per heavy atom. The van der Waals surface area contributed by atoms with Gasteiger partial charge < -0.3 is 9.64 Å². The molecule has 1 amide bonds. The minimum absolute atomic E-state index is 0.167. The van der Waals surface area contributed by atoms with Crippen molar-refractivity contribution in [3.8, 4) is 0 Å². The largest absolute Gasteiger partial charge is 0.449 e. The van der Waals surface area contributed by atoms with Gasteiger partial charge in [-0.1, -0.05) is 19.9 Å². The van der Waals surface area contributed by atoms with Gasteiger partial charge in [0.25, 0.3) is 0 Å². The van der Waals surface area contributed by atoms with Crippen LogP contribution in [0.4, 0.5) is 4.79 Å². The molecule has 1 heterocycles. The molecule has 0 N–H and O–H groups in total. The Hall–Kier alpha value is -1.03. The van der Waals surface area contributed by atoms with E-state index in [1.165, 1.54) is 0 Å². The summed E-state index contributed by atoms with van der Waals surface area (Å²) in [6.45, 7) is 12.7. The van der Waals surface area contributed by atoms with Gasteiger partial charge in [-0.2, -0.15) is 0 Å². The number of hydrogen-bond donors (Lipinski definition) is 0. The molecule has 0 atom stereocenters. The van der Waals surface area contributed by atoms with Crippen LogP contribution in [0.2, 0.25) is 0 Å². The minimum atomic E-state index is -0.167. The summed E-state index contributed by atoms with van der Waals surface area (Å²) in [5.74, 6) is 0.392. The Bertz CT molecular complexity index is 254. The molecule has 0 radical (unpaired) electrons. The summed E-state index contributed by atoms with van der Waals surface area (Å²) in [7, 11) is 0. The molecule has 0 aliphatic carbocycles. The van der Waals surface area contributed by atoms with Gasteiger partial charge >= 0.3 is 6.09 Å². The van der Waals surface area contributed by atoms with E-state index in [0.29, 0.717) is 12.5 Å². The average Bonchev–Trinajstić information content (AvgIpc) is 2.52. The Balaban J connectivity index is 2.34. The van der Waals surface area contributed by atoms with Crippen LogP contribution in [0.15, 0.2) is 12.7 Å². The van der Waals surface area contributed by atoms with Crippen molar-refractivity contribution in [2.75, 3.05) is 39.3 Å². The Morgan fingerprint density at radius 2 is 2.12 bits per heavy atom. The van der Waals surface area contributed by atoms with Crippen LogP contribution in [0.5, 0.6) is 0 Å². The zero-order valence-electron chi connectivity index (χ0n) is 11.0. The van der Waals surface area contributed by atoms with Crippen LogP contribution in [0.3, 0.4) is 0 Å². The topological polar surface area (TPSA) is 32.8 Å². The molecule has 0 unspecified atom stereocenters. The fourth-order valence-corrected chi connectivity index (χ4v) is 1.85. The second-order valence-corrected chi connectivity index (χ2v) is 4.90. The molecule has 1 rings (SSSR count). The normalized spacial score (nSPS) is 17.9. The molecule has 0 aromatic heterocycles. The number of carbonyl (C=O) groups excluding carboxylic acids is 1. The summed E-state index contributed by atoms with van der Waals surface area (Å²) >= 11 is 0. The lowest BCUT2D eigenvalue weighted by molar-refractivity contribution is 0.0932. The van der Waals surface area contributed by atoms with Gasteiger partial charge in [0.2, 0.25) is 0 Å². The number of hydrogen-bond acceptors (Lipinski definition) is 3. The molecular weight excluding hydrogens is 216 g/mol. The monoisotopic (exact) mass is 240 g/mol. The number of ether oxygens (including phenoxy) is 1. The maximum atomic E-state index is 11.8. The van der Waals surface area contributed by atoms with E-state index in [2.05, 4.69) is 11.5 Å². The summed E-state index contributed by atoms with van der Waals surface area (Å²) < 4.78 is 5.24. The highest BCUT2D eigenvalue weighted by molar-refractivity contribution is 5.67. The molecule has 1 aliphatic rings. The third kappa shape index (κ3) is 5.22. The van der Waals surface area contributed by atoms with Crippen LogP contribution in [-0.2, 0) is 4.74 Å². The van der Waals surface area contributed by atoms with Crippen molar-refractivity contribution in [1.29, 1.82) is 0 Å². The van der Waals surface area contributed by atoms with E-state index in [4.69, 9.17) is 4.74 Å². The summed E-state index contributed by atoms with van der Waals surface area (Å²) in [4.78, 5) is 15.9. The van der Waals surface area contributed by atoms with Gasteiger partial charge in [-0.05, 0) is 12.3 Å². The lowest BCUT2D eigenvalue weighted by Crippen LogP contribution is -2.36. The highest BCUT2D eigenvalue weighted by Gasteiger charge is 2.19. The zero-order valence-corrected chi connectivity index (χ0v) is 11.0. The highest BCUT2D eigenvalue weighted by Crippen LogP contribution is 2.05. The summed E-state index contributed by atoms with van der Waals surface area (Å²) in [6, 6.07) is 0. The van der Waals surface area contributed by atoms with E-state index in [1.807, 2.05) is 24.8 Å².